The number of pyridine rings is 1. The third-order valence-electron chi connectivity index (χ3n) is 5.39. The molecule has 2 N–H and O–H groups in total. The fraction of sp³-hybridized carbons (Fsp3) is 0.304. The largest absolute Gasteiger partial charge is 0.573 e. The average molecular weight is 505 g/mol. The second-order valence-electron chi connectivity index (χ2n) is 7.98. The van der Waals surface area contributed by atoms with E-state index in [4.69, 9.17) is 9.26 Å². The summed E-state index contributed by atoms with van der Waals surface area (Å²) in [6.45, 7) is 3.22. The molecular formula is C23H22F3N5O5. The number of fused-ring (bicyclic) bond motifs is 1. The molecule has 3 aromatic rings. The third kappa shape index (κ3) is 5.40. The van der Waals surface area contributed by atoms with E-state index in [0.29, 0.717) is 34.0 Å². The van der Waals surface area contributed by atoms with Crippen LogP contribution in [0.2, 0.25) is 0 Å². The van der Waals surface area contributed by atoms with E-state index in [1.807, 2.05) is 0 Å². The van der Waals surface area contributed by atoms with Gasteiger partial charge in [-0.25, -0.2) is 9.78 Å². The first-order valence-corrected chi connectivity index (χ1v) is 10.7. The number of amides is 3. The smallest absolute Gasteiger partial charge is 0.406 e. The molecule has 36 heavy (non-hydrogen) atoms. The molecule has 0 saturated carbocycles. The van der Waals surface area contributed by atoms with E-state index < -0.39 is 30.1 Å². The van der Waals surface area contributed by atoms with Gasteiger partial charge < -0.3 is 24.6 Å². The van der Waals surface area contributed by atoms with Gasteiger partial charge in [0.2, 0.25) is 5.91 Å². The van der Waals surface area contributed by atoms with Crippen molar-refractivity contribution < 1.29 is 36.8 Å². The summed E-state index contributed by atoms with van der Waals surface area (Å²) in [7, 11) is 1.42. The highest BCUT2D eigenvalue weighted by Crippen LogP contribution is 2.33. The van der Waals surface area contributed by atoms with Crippen LogP contribution in [0.3, 0.4) is 0 Å². The molecule has 1 aliphatic heterocycles. The normalized spacial score (nSPS) is 14.2. The lowest BCUT2D eigenvalue weighted by molar-refractivity contribution is -0.274. The Bertz CT molecular complexity index is 1260. The summed E-state index contributed by atoms with van der Waals surface area (Å²) in [5.74, 6) is -0.0449. The summed E-state index contributed by atoms with van der Waals surface area (Å²) in [5, 5.41) is 9.37. The fourth-order valence-corrected chi connectivity index (χ4v) is 3.83. The zero-order valence-corrected chi connectivity index (χ0v) is 19.5. The van der Waals surface area contributed by atoms with Crippen LogP contribution >= 0.6 is 0 Å². The maximum atomic E-state index is 13.3. The van der Waals surface area contributed by atoms with Crippen LogP contribution in [-0.4, -0.2) is 48.7 Å². The van der Waals surface area contributed by atoms with E-state index >= 15 is 0 Å². The molecule has 1 aliphatic rings. The predicted octanol–water partition coefficient (Wildman–Crippen LogP) is 4.11. The lowest BCUT2D eigenvalue weighted by Crippen LogP contribution is -2.49. The Morgan fingerprint density at radius 3 is 2.56 bits per heavy atom. The first kappa shape index (κ1) is 25.0. The Hall–Kier alpha value is -4.13. The molecule has 4 rings (SSSR count). The molecule has 3 heterocycles. The molecule has 0 fully saturated rings. The van der Waals surface area contributed by atoms with Crippen molar-refractivity contribution in [3.63, 3.8) is 0 Å². The monoisotopic (exact) mass is 505 g/mol. The molecule has 1 unspecified atom stereocenters. The van der Waals surface area contributed by atoms with Crippen molar-refractivity contribution >= 4 is 23.4 Å². The van der Waals surface area contributed by atoms with Crippen molar-refractivity contribution in [1.82, 2.24) is 15.5 Å². The van der Waals surface area contributed by atoms with Gasteiger partial charge in [0.25, 0.3) is 0 Å². The van der Waals surface area contributed by atoms with Crippen molar-refractivity contribution in [3.8, 4) is 17.0 Å². The number of anilines is 2. The molecule has 10 nitrogen and oxygen atoms in total. The van der Waals surface area contributed by atoms with Gasteiger partial charge in [-0.05, 0) is 43.7 Å². The number of nitrogens with one attached hydrogen (secondary N) is 2. The number of carbonyl (C=O) groups excluding carboxylic acids is 2. The molecule has 0 aliphatic carbocycles. The molecule has 13 heteroatoms. The minimum absolute atomic E-state index is 0.0185. The number of aryl methyl sites for hydroxylation is 2. The molecule has 0 spiro atoms. The van der Waals surface area contributed by atoms with Crippen LogP contribution in [0.4, 0.5) is 29.5 Å². The van der Waals surface area contributed by atoms with E-state index in [0.717, 1.165) is 12.1 Å². The summed E-state index contributed by atoms with van der Waals surface area (Å²) in [5.41, 5.74) is 2.61. The van der Waals surface area contributed by atoms with E-state index in [-0.39, 0.29) is 19.0 Å². The van der Waals surface area contributed by atoms with Crippen molar-refractivity contribution in [3.05, 3.63) is 53.4 Å². The molecule has 2 aromatic heterocycles. The molecule has 0 radical (unpaired) electrons. The number of halogens is 3. The summed E-state index contributed by atoms with van der Waals surface area (Å²) < 4.78 is 51.7. The van der Waals surface area contributed by atoms with Gasteiger partial charge in [-0.1, -0.05) is 17.3 Å². The highest BCUT2D eigenvalue weighted by molar-refractivity contribution is 6.08. The minimum atomic E-state index is -4.82. The zero-order chi connectivity index (χ0) is 26.0. The van der Waals surface area contributed by atoms with Crippen LogP contribution in [0.1, 0.15) is 23.1 Å². The standard InChI is InChI=1S/C23H22F3N5O5/c1-12-20(13(2)36-30-12)16-8-9-17-21(28-16)31(10-19(32)27-17)22(33)29-18(11-34-3)14-4-6-15(7-5-14)35-23(24,25)26/h4-9,18H,10-11H2,1-3H3,(H,27,32)(H,29,33). The van der Waals surface area contributed by atoms with E-state index in [9.17, 15) is 22.8 Å². The van der Waals surface area contributed by atoms with Crippen LogP contribution in [0.15, 0.2) is 40.9 Å². The minimum Gasteiger partial charge on any atom is -0.406 e. The first-order valence-electron chi connectivity index (χ1n) is 10.7. The number of carbonyl (C=O) groups is 2. The molecule has 190 valence electrons. The van der Waals surface area contributed by atoms with Gasteiger partial charge in [0.05, 0.1) is 35.3 Å². The highest BCUT2D eigenvalue weighted by Gasteiger charge is 2.32. The Labute approximate surface area is 203 Å². The van der Waals surface area contributed by atoms with Crippen LogP contribution in [0.25, 0.3) is 11.3 Å². The van der Waals surface area contributed by atoms with Gasteiger partial charge in [0, 0.05) is 7.11 Å². The molecular weight excluding hydrogens is 483 g/mol. The van der Waals surface area contributed by atoms with Crippen molar-refractivity contribution in [2.24, 2.45) is 0 Å². The number of benzene rings is 1. The number of hydrogen-bond donors (Lipinski definition) is 2. The molecule has 0 saturated heterocycles. The number of nitrogens with zero attached hydrogens (tertiary/aromatic N) is 3. The van der Waals surface area contributed by atoms with Gasteiger partial charge in [0.15, 0.2) is 5.82 Å². The number of rotatable bonds is 6. The van der Waals surface area contributed by atoms with Gasteiger partial charge in [-0.2, -0.15) is 0 Å². The Morgan fingerprint density at radius 1 is 1.22 bits per heavy atom. The van der Waals surface area contributed by atoms with E-state index in [1.165, 1.54) is 24.1 Å². The SMILES string of the molecule is COCC(NC(=O)N1CC(=O)Nc2ccc(-c3c(C)noc3C)nc21)c1ccc(OC(F)(F)F)cc1. The fourth-order valence-electron chi connectivity index (χ4n) is 3.83. The van der Waals surface area contributed by atoms with Crippen LogP contribution < -0.4 is 20.3 Å². The number of aromatic nitrogens is 2. The number of ether oxygens (including phenoxy) is 2. The number of hydrogen-bond acceptors (Lipinski definition) is 7. The zero-order valence-electron chi connectivity index (χ0n) is 19.5. The topological polar surface area (TPSA) is 119 Å². The van der Waals surface area contributed by atoms with Gasteiger partial charge in [-0.15, -0.1) is 13.2 Å². The summed E-state index contributed by atoms with van der Waals surface area (Å²) in [6, 6.07) is 6.98. The van der Waals surface area contributed by atoms with E-state index in [1.54, 1.807) is 26.0 Å². The first-order chi connectivity index (χ1) is 17.1. The quantitative estimate of drug-likeness (QED) is 0.518. The van der Waals surface area contributed by atoms with Gasteiger partial charge >= 0.3 is 12.4 Å². The maximum absolute atomic E-state index is 13.3. The van der Waals surface area contributed by atoms with Gasteiger partial charge in [0.1, 0.15) is 18.1 Å². The second-order valence-corrected chi connectivity index (χ2v) is 7.98. The van der Waals surface area contributed by atoms with Gasteiger partial charge in [-0.3, -0.25) is 9.69 Å². The molecule has 1 atom stereocenters. The summed E-state index contributed by atoms with van der Waals surface area (Å²) >= 11 is 0. The van der Waals surface area contributed by atoms with E-state index in [2.05, 4.69) is 25.5 Å². The average Bonchev–Trinajstić information content (AvgIpc) is 3.15. The molecule has 0 bridgehead atoms. The Morgan fingerprint density at radius 2 is 1.94 bits per heavy atom. The maximum Gasteiger partial charge on any atom is 0.573 e. The summed E-state index contributed by atoms with van der Waals surface area (Å²) in [6.07, 6.45) is -4.82. The Balaban J connectivity index is 1.60. The van der Waals surface area contributed by atoms with Crippen LogP contribution in [0.5, 0.6) is 5.75 Å². The lowest BCUT2D eigenvalue weighted by Gasteiger charge is -2.30. The van der Waals surface area contributed by atoms with Crippen molar-refractivity contribution in [2.45, 2.75) is 26.3 Å². The van der Waals surface area contributed by atoms with Crippen LogP contribution in [0, 0.1) is 13.8 Å². The summed E-state index contributed by atoms with van der Waals surface area (Å²) in [4.78, 5) is 31.3. The van der Waals surface area contributed by atoms with Crippen LogP contribution in [-0.2, 0) is 9.53 Å². The predicted molar refractivity (Wildman–Crippen MR) is 121 cm³/mol. The Kier molecular flexibility index (Phi) is 6.84. The molecule has 1 aromatic carbocycles. The van der Waals surface area contributed by atoms with Crippen molar-refractivity contribution in [2.75, 3.05) is 30.5 Å². The number of urea groups is 1. The van der Waals surface area contributed by atoms with Crippen molar-refractivity contribution in [1.29, 1.82) is 0 Å². The molecule has 3 amide bonds. The lowest BCUT2D eigenvalue weighted by atomic mass is 10.1. The second kappa shape index (κ2) is 9.85. The number of methoxy groups -OCH3 is 1. The third-order valence-corrected chi connectivity index (χ3v) is 5.39. The number of alkyl halides is 3. The highest BCUT2D eigenvalue weighted by atomic mass is 19.4.